The molecule has 1 fully saturated rings. The Morgan fingerprint density at radius 1 is 1.21 bits per heavy atom. The largest absolute Gasteiger partial charge is 0.467 e. The Labute approximate surface area is 181 Å². The number of carbonyl (C=O) groups excluding carboxylic acids is 3. The molecule has 2 amide bonds. The van der Waals surface area contributed by atoms with Gasteiger partial charge in [0.05, 0.1) is 12.0 Å². The molecule has 2 heterocycles. The van der Waals surface area contributed by atoms with E-state index in [0.29, 0.717) is 4.91 Å². The summed E-state index contributed by atoms with van der Waals surface area (Å²) >= 11 is 3.10. The monoisotopic (exact) mass is 510 g/mol. The lowest BCUT2D eigenvalue weighted by Gasteiger charge is -2.18. The van der Waals surface area contributed by atoms with E-state index in [2.05, 4.69) is 31.9 Å². The zero-order chi connectivity index (χ0) is 20.6. The Morgan fingerprint density at radius 3 is 2.46 bits per heavy atom. The number of nitrogens with zero attached hydrogens (tertiary/aromatic N) is 2. The van der Waals surface area contributed by atoms with Gasteiger partial charge < -0.3 is 9.30 Å². The van der Waals surface area contributed by atoms with Crippen LogP contribution >= 0.6 is 34.4 Å². The number of amides is 2. The molecule has 1 saturated heterocycles. The van der Waals surface area contributed by atoms with Crippen molar-refractivity contribution >= 4 is 57.5 Å². The summed E-state index contributed by atoms with van der Waals surface area (Å²) in [6.45, 7) is 5.44. The molecular weight excluding hydrogens is 491 g/mol. The molecule has 0 saturated carbocycles. The minimum absolute atomic E-state index is 0.295. The number of aryl methyl sites for hydroxylation is 1. The molecule has 6 nitrogen and oxygen atoms in total. The van der Waals surface area contributed by atoms with Gasteiger partial charge in [0.25, 0.3) is 11.1 Å². The molecule has 3 rings (SSSR count). The van der Waals surface area contributed by atoms with E-state index in [9.17, 15) is 14.4 Å². The highest BCUT2D eigenvalue weighted by Crippen LogP contribution is 2.35. The summed E-state index contributed by atoms with van der Waals surface area (Å²) in [6.07, 6.45) is 1.71. The number of halogens is 1. The maximum atomic E-state index is 12.7. The third-order valence-corrected chi connectivity index (χ3v) is 6.20. The lowest BCUT2D eigenvalue weighted by Crippen LogP contribution is -2.42. The van der Waals surface area contributed by atoms with Crippen molar-refractivity contribution in [2.45, 2.75) is 26.8 Å². The molecular formula is C20H19IN2O4S. The standard InChI is InChI=1S/C20H19IN2O4S/c1-11-9-14(12(2)22(11)16-7-5-15(21)6-8-16)10-17-18(24)23(20(26)28-17)13(3)19(25)27-4/h5-10,13H,1-4H3/b17-10-/t13-/m0/s1. The SMILES string of the molecule is COC(=O)[C@H](C)N1C(=O)S/C(=C\c2cc(C)n(-c3ccc(I)cc3)c2C)C1=O. The van der Waals surface area contributed by atoms with Crippen LogP contribution in [0.25, 0.3) is 11.8 Å². The molecule has 1 aliphatic heterocycles. The van der Waals surface area contributed by atoms with E-state index < -0.39 is 23.2 Å². The Morgan fingerprint density at radius 2 is 1.86 bits per heavy atom. The summed E-state index contributed by atoms with van der Waals surface area (Å²) in [6, 6.07) is 9.17. The molecule has 2 aromatic rings. The van der Waals surface area contributed by atoms with Crippen LogP contribution in [-0.2, 0) is 14.3 Å². The minimum atomic E-state index is -0.956. The zero-order valence-corrected chi connectivity index (χ0v) is 18.8. The first-order valence-electron chi connectivity index (χ1n) is 8.54. The second-order valence-electron chi connectivity index (χ2n) is 6.39. The number of esters is 1. The van der Waals surface area contributed by atoms with Crippen molar-refractivity contribution in [2.75, 3.05) is 7.11 Å². The Kier molecular flexibility index (Phi) is 5.99. The van der Waals surface area contributed by atoms with Crippen LogP contribution in [0.15, 0.2) is 35.2 Å². The van der Waals surface area contributed by atoms with Gasteiger partial charge in [-0.2, -0.15) is 0 Å². The van der Waals surface area contributed by atoms with Gasteiger partial charge in [0, 0.05) is 20.6 Å². The van der Waals surface area contributed by atoms with Crippen LogP contribution in [0, 0.1) is 17.4 Å². The fourth-order valence-corrected chi connectivity index (χ4v) is 4.41. The van der Waals surface area contributed by atoms with E-state index in [1.165, 1.54) is 14.0 Å². The third-order valence-electron chi connectivity index (χ3n) is 4.59. The molecule has 0 bridgehead atoms. The van der Waals surface area contributed by atoms with Gasteiger partial charge in [-0.1, -0.05) is 0 Å². The number of hydrogen-bond acceptors (Lipinski definition) is 5. The fraction of sp³-hybridized carbons (Fsp3) is 0.250. The number of benzene rings is 1. The first-order valence-corrected chi connectivity index (χ1v) is 10.4. The number of imide groups is 1. The van der Waals surface area contributed by atoms with Crippen LogP contribution in [0.5, 0.6) is 0 Å². The van der Waals surface area contributed by atoms with Gasteiger partial charge in [-0.05, 0) is 97.1 Å². The molecule has 1 atom stereocenters. The molecule has 1 aromatic carbocycles. The third kappa shape index (κ3) is 3.75. The fourth-order valence-electron chi connectivity index (χ4n) is 3.15. The zero-order valence-electron chi connectivity index (χ0n) is 15.9. The van der Waals surface area contributed by atoms with Crippen molar-refractivity contribution in [1.29, 1.82) is 0 Å². The predicted molar refractivity (Wildman–Crippen MR) is 117 cm³/mol. The highest BCUT2D eigenvalue weighted by atomic mass is 127. The molecule has 28 heavy (non-hydrogen) atoms. The van der Waals surface area contributed by atoms with Gasteiger partial charge in [0.1, 0.15) is 6.04 Å². The van der Waals surface area contributed by atoms with Crippen molar-refractivity contribution in [3.63, 3.8) is 0 Å². The van der Waals surface area contributed by atoms with Crippen LogP contribution in [0.1, 0.15) is 23.9 Å². The molecule has 0 spiro atoms. The number of carbonyl (C=O) groups is 3. The Balaban J connectivity index is 1.95. The average molecular weight is 510 g/mol. The number of methoxy groups -OCH3 is 1. The van der Waals surface area contributed by atoms with Gasteiger partial charge >= 0.3 is 5.97 Å². The van der Waals surface area contributed by atoms with E-state index in [0.717, 1.165) is 42.9 Å². The predicted octanol–water partition coefficient (Wildman–Crippen LogP) is 4.30. The van der Waals surface area contributed by atoms with Crippen LogP contribution in [-0.4, -0.2) is 39.7 Å². The summed E-state index contributed by atoms with van der Waals surface area (Å²) in [5, 5.41) is -0.472. The van der Waals surface area contributed by atoms with E-state index in [1.807, 2.05) is 44.2 Å². The quantitative estimate of drug-likeness (QED) is 0.349. The average Bonchev–Trinajstić information content (AvgIpc) is 3.10. The first kappa shape index (κ1) is 20.7. The molecule has 0 radical (unpaired) electrons. The van der Waals surface area contributed by atoms with Crippen molar-refractivity contribution in [3.8, 4) is 5.69 Å². The second kappa shape index (κ2) is 8.12. The van der Waals surface area contributed by atoms with Crippen LogP contribution in [0.2, 0.25) is 0 Å². The Bertz CT molecular complexity index is 994. The van der Waals surface area contributed by atoms with Gasteiger partial charge in [-0.15, -0.1) is 0 Å². The number of thioether (sulfide) groups is 1. The van der Waals surface area contributed by atoms with Crippen molar-refractivity contribution in [2.24, 2.45) is 0 Å². The second-order valence-corrected chi connectivity index (χ2v) is 8.63. The summed E-state index contributed by atoms with van der Waals surface area (Å²) in [4.78, 5) is 37.9. The summed E-state index contributed by atoms with van der Waals surface area (Å²) < 4.78 is 7.90. The van der Waals surface area contributed by atoms with Gasteiger partial charge in [0.15, 0.2) is 0 Å². The molecule has 0 aliphatic carbocycles. The normalized spacial score (nSPS) is 16.8. The van der Waals surface area contributed by atoms with E-state index in [-0.39, 0.29) is 0 Å². The molecule has 146 valence electrons. The van der Waals surface area contributed by atoms with E-state index in [4.69, 9.17) is 0 Å². The highest BCUT2D eigenvalue weighted by Gasteiger charge is 2.41. The summed E-state index contributed by atoms with van der Waals surface area (Å²) in [5.41, 5.74) is 3.87. The molecule has 8 heteroatoms. The molecule has 1 aliphatic rings. The number of hydrogen-bond donors (Lipinski definition) is 0. The lowest BCUT2D eigenvalue weighted by atomic mass is 10.2. The summed E-state index contributed by atoms with van der Waals surface area (Å²) in [7, 11) is 1.23. The van der Waals surface area contributed by atoms with Crippen molar-refractivity contribution in [3.05, 3.63) is 55.8 Å². The molecule has 0 unspecified atom stereocenters. The number of ether oxygens (including phenoxy) is 1. The first-order chi connectivity index (χ1) is 13.2. The maximum absolute atomic E-state index is 12.7. The van der Waals surface area contributed by atoms with Crippen LogP contribution in [0.4, 0.5) is 4.79 Å². The smallest absolute Gasteiger partial charge is 0.328 e. The molecule has 1 aromatic heterocycles. The Hall–Kier alpha value is -2.07. The van der Waals surface area contributed by atoms with Gasteiger partial charge in [0.2, 0.25) is 0 Å². The highest BCUT2D eigenvalue weighted by molar-refractivity contribution is 14.1. The molecule has 0 N–H and O–H groups in total. The van der Waals surface area contributed by atoms with Crippen LogP contribution in [0.3, 0.4) is 0 Å². The van der Waals surface area contributed by atoms with Crippen molar-refractivity contribution in [1.82, 2.24) is 9.47 Å². The lowest BCUT2D eigenvalue weighted by molar-refractivity contribution is -0.148. The van der Waals surface area contributed by atoms with Crippen molar-refractivity contribution < 1.29 is 19.1 Å². The van der Waals surface area contributed by atoms with Gasteiger partial charge in [-0.25, -0.2) is 4.79 Å². The van der Waals surface area contributed by atoms with Gasteiger partial charge in [-0.3, -0.25) is 14.5 Å². The topological polar surface area (TPSA) is 68.6 Å². The van der Waals surface area contributed by atoms with E-state index >= 15 is 0 Å². The van der Waals surface area contributed by atoms with E-state index in [1.54, 1.807) is 6.08 Å². The van der Waals surface area contributed by atoms with Crippen LogP contribution < -0.4 is 0 Å². The number of rotatable bonds is 4. The maximum Gasteiger partial charge on any atom is 0.328 e. The number of aromatic nitrogens is 1. The minimum Gasteiger partial charge on any atom is -0.467 e. The summed E-state index contributed by atoms with van der Waals surface area (Å²) in [5.74, 6) is -1.10.